The first-order valence-electron chi connectivity index (χ1n) is 8.51. The molecule has 1 atom stereocenters. The molecule has 0 aromatic rings. The molecule has 3 heteroatoms. The van der Waals surface area contributed by atoms with Crippen LogP contribution in [0, 0.1) is 5.41 Å². The predicted octanol–water partition coefficient (Wildman–Crippen LogP) is 4.33. The van der Waals surface area contributed by atoms with Gasteiger partial charge < -0.3 is 9.84 Å². The predicted molar refractivity (Wildman–Crippen MR) is 90.5 cm³/mol. The van der Waals surface area contributed by atoms with E-state index in [9.17, 15) is 9.90 Å². The Hall–Kier alpha value is -1.35. The van der Waals surface area contributed by atoms with E-state index in [2.05, 4.69) is 43.4 Å². The number of unbranched alkanes of at least 4 members (excludes halogenated alkanes) is 2. The molecule has 0 spiro atoms. The molecule has 0 aromatic heterocycles. The molecule has 1 aliphatic carbocycles. The summed E-state index contributed by atoms with van der Waals surface area (Å²) >= 11 is 0. The number of carbonyl (C=O) groups is 1. The lowest BCUT2D eigenvalue weighted by Crippen LogP contribution is -2.22. The third-order valence-electron chi connectivity index (χ3n) is 3.94. The van der Waals surface area contributed by atoms with Gasteiger partial charge in [0.1, 0.15) is 0 Å². The van der Waals surface area contributed by atoms with Gasteiger partial charge in [0.05, 0.1) is 6.61 Å². The molecule has 124 valence electrons. The second-order valence-corrected chi connectivity index (χ2v) is 5.83. The molecule has 22 heavy (non-hydrogen) atoms. The van der Waals surface area contributed by atoms with Gasteiger partial charge in [-0.15, -0.1) is 0 Å². The van der Waals surface area contributed by atoms with Crippen molar-refractivity contribution in [2.45, 2.75) is 64.9 Å². The highest BCUT2D eigenvalue weighted by atomic mass is 16.5. The molecule has 3 nitrogen and oxygen atoms in total. The summed E-state index contributed by atoms with van der Waals surface area (Å²) in [7, 11) is 0. The lowest BCUT2D eigenvalue weighted by molar-refractivity contribution is -0.153. The summed E-state index contributed by atoms with van der Waals surface area (Å²) in [6.07, 6.45) is 19.2. The minimum Gasteiger partial charge on any atom is -0.464 e. The van der Waals surface area contributed by atoms with Crippen molar-refractivity contribution in [3.63, 3.8) is 0 Å². The van der Waals surface area contributed by atoms with Gasteiger partial charge in [-0.05, 0) is 32.6 Å². The maximum Gasteiger partial charge on any atom is 0.334 e. The number of hydrogen-bond acceptors (Lipinski definition) is 3. The van der Waals surface area contributed by atoms with E-state index in [1.54, 1.807) is 6.92 Å². The van der Waals surface area contributed by atoms with Gasteiger partial charge in [0, 0.05) is 5.41 Å². The minimum absolute atomic E-state index is 0.0635. The number of hydrogen-bond donors (Lipinski definition) is 1. The summed E-state index contributed by atoms with van der Waals surface area (Å²) < 4.78 is 4.80. The van der Waals surface area contributed by atoms with Crippen molar-refractivity contribution in [3.8, 4) is 0 Å². The molecule has 0 aliphatic heterocycles. The molecule has 0 saturated carbocycles. The van der Waals surface area contributed by atoms with Gasteiger partial charge in [-0.1, -0.05) is 62.6 Å². The average Bonchev–Trinajstić information content (AvgIpc) is 2.53. The zero-order valence-corrected chi connectivity index (χ0v) is 14.0. The van der Waals surface area contributed by atoms with Crippen molar-refractivity contribution in [1.29, 1.82) is 0 Å². The van der Waals surface area contributed by atoms with E-state index in [4.69, 9.17) is 4.74 Å². The van der Waals surface area contributed by atoms with Gasteiger partial charge in [0.2, 0.25) is 0 Å². The molecule has 1 aliphatic rings. The van der Waals surface area contributed by atoms with E-state index < -0.39 is 12.1 Å². The Bertz CT molecular complexity index is 395. The van der Waals surface area contributed by atoms with Crippen LogP contribution in [0.2, 0.25) is 0 Å². The van der Waals surface area contributed by atoms with Crippen molar-refractivity contribution >= 4 is 5.97 Å². The SMILES string of the molecule is CC/C=C\C1(CCCCCC(O)C(=O)OCC)C=CCC=C1. The number of ether oxygens (including phenoxy) is 1. The average molecular weight is 306 g/mol. The van der Waals surface area contributed by atoms with Crippen molar-refractivity contribution in [2.24, 2.45) is 5.41 Å². The Morgan fingerprint density at radius 1 is 1.27 bits per heavy atom. The summed E-state index contributed by atoms with van der Waals surface area (Å²) in [5.41, 5.74) is 0.0635. The minimum atomic E-state index is -0.969. The number of aliphatic hydroxyl groups excluding tert-OH is 1. The maximum absolute atomic E-state index is 11.3. The standard InChI is InChI=1S/C19H30O3/c1-3-5-13-19(15-10-7-11-16-19)14-9-6-8-12-17(20)18(21)22-4-2/h5,10-11,13,15-17,20H,3-4,6-9,12,14H2,1-2H3/b13-5-. The van der Waals surface area contributed by atoms with E-state index in [0.29, 0.717) is 13.0 Å². The van der Waals surface area contributed by atoms with E-state index in [1.165, 1.54) is 0 Å². The maximum atomic E-state index is 11.3. The van der Waals surface area contributed by atoms with Gasteiger partial charge in [-0.3, -0.25) is 0 Å². The summed E-state index contributed by atoms with van der Waals surface area (Å²) in [5.74, 6) is -0.497. The summed E-state index contributed by atoms with van der Waals surface area (Å²) in [6.45, 7) is 4.22. The fraction of sp³-hybridized carbons (Fsp3) is 0.632. The first kappa shape index (κ1) is 18.7. The van der Waals surface area contributed by atoms with Gasteiger partial charge >= 0.3 is 5.97 Å². The van der Waals surface area contributed by atoms with Crippen LogP contribution in [0.25, 0.3) is 0 Å². The van der Waals surface area contributed by atoms with Crippen LogP contribution in [0.5, 0.6) is 0 Å². The Balaban J connectivity index is 2.31. The van der Waals surface area contributed by atoms with Crippen molar-refractivity contribution in [3.05, 3.63) is 36.5 Å². The largest absolute Gasteiger partial charge is 0.464 e. The van der Waals surface area contributed by atoms with Crippen LogP contribution in [0.15, 0.2) is 36.5 Å². The molecular weight excluding hydrogens is 276 g/mol. The van der Waals surface area contributed by atoms with Crippen LogP contribution >= 0.6 is 0 Å². The van der Waals surface area contributed by atoms with E-state index >= 15 is 0 Å². The smallest absolute Gasteiger partial charge is 0.334 e. The van der Waals surface area contributed by atoms with Gasteiger partial charge in [-0.25, -0.2) is 4.79 Å². The van der Waals surface area contributed by atoms with Crippen molar-refractivity contribution in [1.82, 2.24) is 0 Å². The van der Waals surface area contributed by atoms with Gasteiger partial charge in [0.15, 0.2) is 6.10 Å². The fourth-order valence-electron chi connectivity index (χ4n) is 2.71. The number of carbonyl (C=O) groups excluding carboxylic acids is 1. The van der Waals surface area contributed by atoms with Crippen LogP contribution in [0.3, 0.4) is 0 Å². The molecule has 1 rings (SSSR count). The second kappa shape index (κ2) is 10.4. The first-order valence-corrected chi connectivity index (χ1v) is 8.51. The van der Waals surface area contributed by atoms with E-state index in [-0.39, 0.29) is 5.41 Å². The van der Waals surface area contributed by atoms with E-state index in [0.717, 1.165) is 38.5 Å². The van der Waals surface area contributed by atoms with Crippen molar-refractivity contribution < 1.29 is 14.6 Å². The molecule has 0 radical (unpaired) electrons. The molecular formula is C19H30O3. The molecule has 0 heterocycles. The number of aliphatic hydroxyl groups is 1. The normalized spacial score (nSPS) is 17.8. The van der Waals surface area contributed by atoms with Crippen LogP contribution < -0.4 is 0 Å². The quantitative estimate of drug-likeness (QED) is 0.371. The highest BCUT2D eigenvalue weighted by Gasteiger charge is 2.21. The third-order valence-corrected chi connectivity index (χ3v) is 3.94. The monoisotopic (exact) mass is 306 g/mol. The summed E-state index contributed by atoms with van der Waals surface area (Å²) in [5, 5.41) is 9.66. The fourth-order valence-corrected chi connectivity index (χ4v) is 2.71. The Morgan fingerprint density at radius 2 is 2.00 bits per heavy atom. The Kier molecular flexibility index (Phi) is 8.83. The number of esters is 1. The topological polar surface area (TPSA) is 46.5 Å². The molecule has 0 bridgehead atoms. The highest BCUT2D eigenvalue weighted by molar-refractivity contribution is 5.74. The zero-order valence-electron chi connectivity index (χ0n) is 14.0. The third kappa shape index (κ3) is 6.61. The lowest BCUT2D eigenvalue weighted by atomic mass is 9.79. The van der Waals surface area contributed by atoms with Gasteiger partial charge in [-0.2, -0.15) is 0 Å². The molecule has 0 fully saturated rings. The number of allylic oxidation sites excluding steroid dienone is 6. The van der Waals surface area contributed by atoms with Crippen molar-refractivity contribution in [2.75, 3.05) is 6.61 Å². The Labute approximate surface area is 134 Å². The number of rotatable bonds is 10. The molecule has 0 amide bonds. The van der Waals surface area contributed by atoms with Crippen LogP contribution in [0.1, 0.15) is 58.8 Å². The van der Waals surface area contributed by atoms with Crippen LogP contribution in [0.4, 0.5) is 0 Å². The molecule has 1 unspecified atom stereocenters. The zero-order chi connectivity index (χ0) is 16.3. The highest BCUT2D eigenvalue weighted by Crippen LogP contribution is 2.33. The lowest BCUT2D eigenvalue weighted by Gasteiger charge is -2.26. The van der Waals surface area contributed by atoms with Gasteiger partial charge in [0.25, 0.3) is 0 Å². The second-order valence-electron chi connectivity index (χ2n) is 5.83. The molecule has 0 aromatic carbocycles. The molecule has 1 N–H and O–H groups in total. The molecule has 0 saturated heterocycles. The summed E-state index contributed by atoms with van der Waals surface area (Å²) in [4.78, 5) is 11.3. The summed E-state index contributed by atoms with van der Waals surface area (Å²) in [6, 6.07) is 0. The first-order chi connectivity index (χ1) is 10.6. The Morgan fingerprint density at radius 3 is 2.64 bits per heavy atom. The van der Waals surface area contributed by atoms with E-state index in [1.807, 2.05) is 0 Å². The van der Waals surface area contributed by atoms with Crippen LogP contribution in [-0.4, -0.2) is 23.8 Å². The van der Waals surface area contributed by atoms with Crippen LogP contribution in [-0.2, 0) is 9.53 Å².